The fourth-order valence-corrected chi connectivity index (χ4v) is 11.0. The van der Waals surface area contributed by atoms with Gasteiger partial charge in [0.1, 0.15) is 0 Å². The second kappa shape index (κ2) is 15.1. The number of piperidine rings is 2. The summed E-state index contributed by atoms with van der Waals surface area (Å²) < 4.78 is 0. The Hall–Kier alpha value is -3.48. The Morgan fingerprint density at radius 2 is 0.827 bits per heavy atom. The predicted octanol–water partition coefficient (Wildman–Crippen LogP) is 11.1. The standard InChI is InChI=1S/C46H60N6/c1-3-51-27-11-17-33(29-51)45-39-23-21-37(48-39)43(31-13-7-5-8-14-31)35-19-20-36(47-35)44(32-15-9-6-10-16-32)38-22-24-40(49-38)46(42-26-25-41(45)50-42)34-18-12-28-52(4-2)30-34/h19-26,31-34,48,50H,3-18,27-30H2,1-2H3. The van der Waals surface area contributed by atoms with Gasteiger partial charge in [-0.15, -0.1) is 0 Å². The third kappa shape index (κ3) is 6.64. The molecule has 2 aliphatic carbocycles. The Bertz CT molecular complexity index is 1980. The fourth-order valence-electron chi connectivity index (χ4n) is 11.0. The summed E-state index contributed by atoms with van der Waals surface area (Å²) in [7, 11) is 0. The summed E-state index contributed by atoms with van der Waals surface area (Å²) in [5, 5.41) is 0. The number of likely N-dealkylation sites (tertiary alicyclic amines) is 2. The van der Waals surface area contributed by atoms with Gasteiger partial charge in [-0.25, -0.2) is 9.97 Å². The SMILES string of the molecule is CCN1CCCC(c2c3nc(c(C4CCCCC4)c4nc(c(C5CCCCC5)c5ccc([nH]5)c(C5CCCN(CC)C5)c5ccc2[nH]5)C=C4)C=C3)C1. The largest absolute Gasteiger partial charge is 0.355 e. The summed E-state index contributed by atoms with van der Waals surface area (Å²) in [6.45, 7) is 11.5. The van der Waals surface area contributed by atoms with Gasteiger partial charge in [0.05, 0.1) is 22.8 Å². The van der Waals surface area contributed by atoms with Crippen LogP contribution in [0.5, 0.6) is 0 Å². The topological polar surface area (TPSA) is 63.8 Å². The lowest BCUT2D eigenvalue weighted by molar-refractivity contribution is 0.218. The predicted molar refractivity (Wildman–Crippen MR) is 219 cm³/mol. The molecule has 6 aliphatic rings. The first-order valence-corrected chi connectivity index (χ1v) is 21.3. The number of nitrogens with one attached hydrogen (secondary N) is 2. The molecule has 6 nitrogen and oxygen atoms in total. The Kier molecular flexibility index (Phi) is 9.96. The van der Waals surface area contributed by atoms with E-state index < -0.39 is 0 Å². The van der Waals surface area contributed by atoms with Crippen LogP contribution in [-0.4, -0.2) is 69.0 Å². The smallest absolute Gasteiger partial charge is 0.0694 e. The van der Waals surface area contributed by atoms with E-state index in [9.17, 15) is 0 Å². The molecule has 0 radical (unpaired) electrons. The van der Waals surface area contributed by atoms with Crippen molar-refractivity contribution in [1.82, 2.24) is 29.7 Å². The number of fused-ring (bicyclic) bond motifs is 8. The van der Waals surface area contributed by atoms with Crippen molar-refractivity contribution in [3.63, 3.8) is 0 Å². The fraction of sp³-hybridized carbons (Fsp3) is 0.565. The van der Waals surface area contributed by atoms with Gasteiger partial charge in [-0.3, -0.25) is 0 Å². The van der Waals surface area contributed by atoms with Gasteiger partial charge in [-0.2, -0.15) is 0 Å². The summed E-state index contributed by atoms with van der Waals surface area (Å²) in [5.74, 6) is 1.96. The molecule has 0 aromatic carbocycles. The van der Waals surface area contributed by atoms with Gasteiger partial charge in [0.2, 0.25) is 0 Å². The number of H-pyrrole nitrogens is 2. The summed E-state index contributed by atoms with van der Waals surface area (Å²) in [6.07, 6.45) is 27.2. The van der Waals surface area contributed by atoms with Crippen LogP contribution in [0.2, 0.25) is 0 Å². The van der Waals surface area contributed by atoms with E-state index in [2.05, 4.69) is 82.2 Å². The van der Waals surface area contributed by atoms with Crippen molar-refractivity contribution in [2.45, 2.75) is 127 Å². The minimum Gasteiger partial charge on any atom is -0.355 e. The summed E-state index contributed by atoms with van der Waals surface area (Å²) in [4.78, 5) is 24.8. The van der Waals surface area contributed by atoms with Crippen molar-refractivity contribution in [3.8, 4) is 0 Å². The molecular weight excluding hydrogens is 637 g/mol. The molecule has 9 rings (SSSR count). The molecule has 0 spiro atoms. The van der Waals surface area contributed by atoms with Crippen LogP contribution >= 0.6 is 0 Å². The van der Waals surface area contributed by atoms with E-state index >= 15 is 0 Å². The van der Waals surface area contributed by atoms with Gasteiger partial charge in [0, 0.05) is 69.2 Å². The van der Waals surface area contributed by atoms with Gasteiger partial charge in [0.15, 0.2) is 0 Å². The summed E-state index contributed by atoms with van der Waals surface area (Å²) in [6, 6.07) is 9.58. The van der Waals surface area contributed by atoms with Crippen LogP contribution in [0.25, 0.3) is 46.4 Å². The van der Waals surface area contributed by atoms with Gasteiger partial charge < -0.3 is 19.8 Å². The highest BCUT2D eigenvalue weighted by Gasteiger charge is 2.30. The van der Waals surface area contributed by atoms with Crippen molar-refractivity contribution in [1.29, 1.82) is 0 Å². The first kappa shape index (κ1) is 34.3. The van der Waals surface area contributed by atoms with Crippen LogP contribution < -0.4 is 0 Å². The average Bonchev–Trinajstić information content (AvgIpc) is 4.04. The van der Waals surface area contributed by atoms with Crippen LogP contribution in [-0.2, 0) is 0 Å². The highest BCUT2D eigenvalue weighted by Crippen LogP contribution is 2.42. The minimum absolute atomic E-state index is 0.446. The third-order valence-corrected chi connectivity index (χ3v) is 13.7. The van der Waals surface area contributed by atoms with Crippen molar-refractivity contribution in [2.75, 3.05) is 39.3 Å². The molecule has 8 bridgehead atoms. The van der Waals surface area contributed by atoms with Crippen molar-refractivity contribution in [2.24, 2.45) is 0 Å². The van der Waals surface area contributed by atoms with Crippen molar-refractivity contribution >= 4 is 46.4 Å². The zero-order valence-electron chi connectivity index (χ0n) is 31.9. The van der Waals surface area contributed by atoms with E-state index in [0.29, 0.717) is 23.7 Å². The zero-order chi connectivity index (χ0) is 35.0. The number of aromatic nitrogens is 4. The molecule has 2 N–H and O–H groups in total. The van der Waals surface area contributed by atoms with Gasteiger partial charge in [0.25, 0.3) is 0 Å². The highest BCUT2D eigenvalue weighted by molar-refractivity contribution is 5.84. The van der Waals surface area contributed by atoms with E-state index in [1.807, 2.05) is 0 Å². The Morgan fingerprint density at radius 3 is 1.29 bits per heavy atom. The Labute approximate surface area is 311 Å². The number of rotatable bonds is 6. The summed E-state index contributed by atoms with van der Waals surface area (Å²) in [5.41, 5.74) is 15.4. The molecule has 4 fully saturated rings. The quantitative estimate of drug-likeness (QED) is 0.185. The monoisotopic (exact) mass is 696 g/mol. The minimum atomic E-state index is 0.446. The number of aromatic amines is 2. The number of hydrogen-bond donors (Lipinski definition) is 2. The van der Waals surface area contributed by atoms with Gasteiger partial charge in [-0.1, -0.05) is 52.4 Å². The van der Waals surface area contributed by atoms with E-state index in [-0.39, 0.29) is 0 Å². The molecule has 3 aromatic rings. The lowest BCUT2D eigenvalue weighted by Gasteiger charge is -2.32. The maximum Gasteiger partial charge on any atom is 0.0694 e. The first-order chi connectivity index (χ1) is 25.7. The number of likely N-dealkylation sites (N-methyl/N-ethyl adjacent to an activating group) is 2. The molecule has 52 heavy (non-hydrogen) atoms. The van der Waals surface area contributed by atoms with Crippen LogP contribution in [0.4, 0.5) is 0 Å². The lowest BCUT2D eigenvalue weighted by atomic mass is 9.82. The van der Waals surface area contributed by atoms with Crippen molar-refractivity contribution in [3.05, 3.63) is 69.3 Å². The normalized spacial score (nSPS) is 23.8. The Morgan fingerprint density at radius 1 is 0.462 bits per heavy atom. The molecule has 0 amide bonds. The molecule has 3 aromatic heterocycles. The average molecular weight is 697 g/mol. The lowest BCUT2D eigenvalue weighted by Crippen LogP contribution is -2.34. The number of hydrogen-bond acceptors (Lipinski definition) is 4. The molecule has 2 atom stereocenters. The second-order valence-electron chi connectivity index (χ2n) is 16.8. The Balaban J connectivity index is 1.36. The maximum absolute atomic E-state index is 5.64. The van der Waals surface area contributed by atoms with Crippen LogP contribution in [0.15, 0.2) is 24.3 Å². The molecular formula is C46H60N6. The van der Waals surface area contributed by atoms with Crippen molar-refractivity contribution < 1.29 is 0 Å². The van der Waals surface area contributed by atoms with Gasteiger partial charge >= 0.3 is 0 Å². The zero-order valence-corrected chi connectivity index (χ0v) is 31.9. The van der Waals surface area contributed by atoms with E-state index in [1.165, 1.54) is 153 Å². The van der Waals surface area contributed by atoms with Crippen LogP contribution in [0, 0.1) is 0 Å². The molecule has 4 aliphatic heterocycles. The van der Waals surface area contributed by atoms with Crippen LogP contribution in [0.3, 0.4) is 0 Å². The van der Waals surface area contributed by atoms with Gasteiger partial charge in [-0.05, 0) is 138 Å². The molecule has 2 saturated carbocycles. The first-order valence-electron chi connectivity index (χ1n) is 21.3. The van der Waals surface area contributed by atoms with E-state index in [0.717, 1.165) is 43.3 Å². The second-order valence-corrected chi connectivity index (χ2v) is 16.8. The molecule has 2 saturated heterocycles. The van der Waals surface area contributed by atoms with E-state index in [1.54, 1.807) is 0 Å². The van der Waals surface area contributed by atoms with Crippen LogP contribution in [0.1, 0.15) is 172 Å². The molecule has 6 heteroatoms. The highest BCUT2D eigenvalue weighted by atomic mass is 15.1. The maximum atomic E-state index is 5.64. The number of nitrogens with zero attached hydrogens (tertiary/aromatic N) is 4. The molecule has 7 heterocycles. The molecule has 2 unspecified atom stereocenters. The molecule has 274 valence electrons. The third-order valence-electron chi connectivity index (χ3n) is 13.7. The van der Waals surface area contributed by atoms with E-state index in [4.69, 9.17) is 9.97 Å². The summed E-state index contributed by atoms with van der Waals surface area (Å²) >= 11 is 0.